The van der Waals surface area contributed by atoms with Crippen LogP contribution in [0.3, 0.4) is 0 Å². The summed E-state index contributed by atoms with van der Waals surface area (Å²) in [4.78, 5) is 30.6. The summed E-state index contributed by atoms with van der Waals surface area (Å²) >= 11 is 0. The Morgan fingerprint density at radius 3 is 2.48 bits per heavy atom. The van der Waals surface area contributed by atoms with Gasteiger partial charge in [-0.05, 0) is 42.5 Å². The number of carbonyl (C=O) groups excluding carboxylic acids is 2. The normalized spacial score (nSPS) is 13.2. The summed E-state index contributed by atoms with van der Waals surface area (Å²) in [6.07, 6.45) is -2.87. The van der Waals surface area contributed by atoms with Crippen LogP contribution in [0.1, 0.15) is 39.6 Å². The zero-order chi connectivity index (χ0) is 23.8. The van der Waals surface area contributed by atoms with Gasteiger partial charge in [-0.25, -0.2) is 4.39 Å². The van der Waals surface area contributed by atoms with Crippen LogP contribution < -0.4 is 9.64 Å². The molecule has 0 radical (unpaired) electrons. The molecule has 170 valence electrons. The topological polar surface area (TPSA) is 59.5 Å². The van der Waals surface area contributed by atoms with E-state index in [1.807, 2.05) is 0 Å². The monoisotopic (exact) mass is 458 g/mol. The van der Waals surface area contributed by atoms with E-state index in [2.05, 4.69) is 4.98 Å². The minimum Gasteiger partial charge on any atom is -0.483 e. The largest absolute Gasteiger partial charge is 0.483 e. The van der Waals surface area contributed by atoms with Crippen molar-refractivity contribution in [3.8, 4) is 17.0 Å². The predicted molar refractivity (Wildman–Crippen MR) is 113 cm³/mol. The summed E-state index contributed by atoms with van der Waals surface area (Å²) in [5.41, 5.74) is 2.29. The number of Topliss-reactive ketones (excluding diaryl/α,β-unsaturated/α-hetero) is 1. The van der Waals surface area contributed by atoms with Crippen LogP contribution in [0.5, 0.6) is 5.75 Å². The molecular weight excluding hydrogens is 440 g/mol. The predicted octanol–water partition coefficient (Wildman–Crippen LogP) is 5.58. The Hall–Kier alpha value is -3.75. The van der Waals surface area contributed by atoms with Crippen LogP contribution in [0, 0.1) is 5.82 Å². The molecule has 0 unspecified atom stereocenters. The number of ether oxygens (including phenoxy) is 1. The van der Waals surface area contributed by atoms with Crippen molar-refractivity contribution in [2.24, 2.45) is 0 Å². The first-order valence-electron chi connectivity index (χ1n) is 10.1. The van der Waals surface area contributed by atoms with Crippen molar-refractivity contribution in [2.45, 2.75) is 26.1 Å². The molecule has 3 aromatic rings. The lowest BCUT2D eigenvalue weighted by atomic mass is 10.0. The second-order valence-corrected chi connectivity index (χ2v) is 7.44. The molecule has 9 heteroatoms. The molecule has 5 nitrogen and oxygen atoms in total. The molecule has 0 saturated heterocycles. The summed E-state index contributed by atoms with van der Waals surface area (Å²) in [5, 5.41) is 0. The highest BCUT2D eigenvalue weighted by atomic mass is 19.4. The number of ketones is 1. The fourth-order valence-corrected chi connectivity index (χ4v) is 3.67. The van der Waals surface area contributed by atoms with Crippen molar-refractivity contribution in [2.75, 3.05) is 11.5 Å². The molecule has 1 aliphatic rings. The first-order chi connectivity index (χ1) is 15.7. The summed E-state index contributed by atoms with van der Waals surface area (Å²) < 4.78 is 56.6. The van der Waals surface area contributed by atoms with E-state index in [1.54, 1.807) is 31.2 Å². The maximum atomic E-state index is 13.7. The minimum atomic E-state index is -4.60. The molecule has 2 heterocycles. The van der Waals surface area contributed by atoms with Gasteiger partial charge in [0.05, 0.1) is 12.2 Å². The molecule has 4 rings (SSSR count). The number of alkyl halides is 3. The van der Waals surface area contributed by atoms with Gasteiger partial charge in [0.25, 0.3) is 5.91 Å². The van der Waals surface area contributed by atoms with E-state index in [0.717, 1.165) is 12.1 Å². The third-order valence-corrected chi connectivity index (χ3v) is 5.26. The molecule has 0 fully saturated rings. The van der Waals surface area contributed by atoms with Gasteiger partial charge in [-0.3, -0.25) is 14.6 Å². The molecule has 1 aromatic heterocycles. The number of benzene rings is 2. The van der Waals surface area contributed by atoms with E-state index in [0.29, 0.717) is 28.8 Å². The Bertz CT molecular complexity index is 1220. The number of carbonyl (C=O) groups is 2. The van der Waals surface area contributed by atoms with Crippen LogP contribution in [0.25, 0.3) is 11.3 Å². The molecule has 1 amide bonds. The third-order valence-electron chi connectivity index (χ3n) is 5.26. The average Bonchev–Trinajstić information content (AvgIpc) is 3.13. The Morgan fingerprint density at radius 1 is 1.09 bits per heavy atom. The van der Waals surface area contributed by atoms with E-state index < -0.39 is 18.6 Å². The summed E-state index contributed by atoms with van der Waals surface area (Å²) in [6, 6.07) is 11.4. The van der Waals surface area contributed by atoms with Crippen LogP contribution in [0.15, 0.2) is 54.7 Å². The molecule has 0 aliphatic carbocycles. The van der Waals surface area contributed by atoms with E-state index in [9.17, 15) is 27.2 Å². The van der Waals surface area contributed by atoms with Gasteiger partial charge in [0.15, 0.2) is 12.4 Å². The lowest BCUT2D eigenvalue weighted by Crippen LogP contribution is -2.23. The second-order valence-electron chi connectivity index (χ2n) is 7.44. The van der Waals surface area contributed by atoms with E-state index in [-0.39, 0.29) is 35.2 Å². The van der Waals surface area contributed by atoms with Gasteiger partial charge >= 0.3 is 6.18 Å². The number of hydrogen-bond acceptors (Lipinski definition) is 4. The first-order valence-corrected chi connectivity index (χ1v) is 10.1. The third kappa shape index (κ3) is 4.57. The summed E-state index contributed by atoms with van der Waals surface area (Å²) in [5.74, 6) is -1.42. The first kappa shape index (κ1) is 22.4. The number of anilines is 1. The maximum absolute atomic E-state index is 13.7. The SMILES string of the molecule is CCC(=O)c1ccc(N2Cc3c(ccnc3-c3ccc(F)cc3OCC(F)(F)F)C2=O)cc1. The number of rotatable bonds is 6. The van der Waals surface area contributed by atoms with Gasteiger partial charge in [0, 0.05) is 46.6 Å². The van der Waals surface area contributed by atoms with Crippen molar-refractivity contribution in [1.29, 1.82) is 0 Å². The van der Waals surface area contributed by atoms with Crippen LogP contribution in [-0.2, 0) is 6.54 Å². The van der Waals surface area contributed by atoms with Gasteiger partial charge < -0.3 is 9.64 Å². The average molecular weight is 458 g/mol. The Balaban J connectivity index is 1.70. The highest BCUT2D eigenvalue weighted by Crippen LogP contribution is 2.38. The second kappa shape index (κ2) is 8.65. The van der Waals surface area contributed by atoms with Gasteiger partial charge in [-0.1, -0.05) is 6.92 Å². The number of nitrogens with zero attached hydrogens (tertiary/aromatic N) is 2. The number of amides is 1. The van der Waals surface area contributed by atoms with Crippen LogP contribution in [-0.4, -0.2) is 29.5 Å². The van der Waals surface area contributed by atoms with Crippen molar-refractivity contribution in [3.63, 3.8) is 0 Å². The Morgan fingerprint density at radius 2 is 1.82 bits per heavy atom. The molecule has 0 N–H and O–H groups in total. The van der Waals surface area contributed by atoms with Crippen molar-refractivity contribution < 1.29 is 31.9 Å². The number of pyridine rings is 1. The molecule has 2 aromatic carbocycles. The standard InChI is InChI=1S/C24H18F4N2O3/c1-2-20(31)14-3-6-16(7-4-14)30-12-19-17(23(30)32)9-10-29-22(19)18-8-5-15(25)11-21(18)33-13-24(26,27)28/h3-11H,2,12-13H2,1H3. The molecule has 0 bridgehead atoms. The molecule has 33 heavy (non-hydrogen) atoms. The Labute approximate surface area is 186 Å². The van der Waals surface area contributed by atoms with Gasteiger partial charge in [-0.15, -0.1) is 0 Å². The summed E-state index contributed by atoms with van der Waals surface area (Å²) in [7, 11) is 0. The van der Waals surface area contributed by atoms with Gasteiger partial charge in [-0.2, -0.15) is 13.2 Å². The van der Waals surface area contributed by atoms with E-state index >= 15 is 0 Å². The molecule has 0 spiro atoms. The highest BCUT2D eigenvalue weighted by molar-refractivity contribution is 6.11. The van der Waals surface area contributed by atoms with E-state index in [1.165, 1.54) is 23.2 Å². The van der Waals surface area contributed by atoms with Gasteiger partial charge in [0.1, 0.15) is 11.6 Å². The lowest BCUT2D eigenvalue weighted by molar-refractivity contribution is -0.153. The van der Waals surface area contributed by atoms with E-state index in [4.69, 9.17) is 4.74 Å². The van der Waals surface area contributed by atoms with Crippen molar-refractivity contribution >= 4 is 17.4 Å². The number of fused-ring (bicyclic) bond motifs is 1. The molecular formula is C24H18F4N2O3. The fraction of sp³-hybridized carbons (Fsp3) is 0.208. The van der Waals surface area contributed by atoms with Crippen molar-refractivity contribution in [3.05, 3.63) is 77.2 Å². The number of aromatic nitrogens is 1. The fourth-order valence-electron chi connectivity index (χ4n) is 3.67. The highest BCUT2D eigenvalue weighted by Gasteiger charge is 2.33. The Kier molecular flexibility index (Phi) is 5.88. The number of halogens is 4. The van der Waals surface area contributed by atoms with Crippen LogP contribution in [0.4, 0.5) is 23.2 Å². The molecule has 0 saturated carbocycles. The molecule has 1 aliphatic heterocycles. The quantitative estimate of drug-likeness (QED) is 0.357. The zero-order valence-corrected chi connectivity index (χ0v) is 17.4. The molecule has 0 atom stereocenters. The smallest absolute Gasteiger partial charge is 0.422 e. The number of hydrogen-bond donors (Lipinski definition) is 0. The van der Waals surface area contributed by atoms with Gasteiger partial charge in [0.2, 0.25) is 0 Å². The van der Waals surface area contributed by atoms with Crippen LogP contribution >= 0.6 is 0 Å². The van der Waals surface area contributed by atoms with Crippen molar-refractivity contribution in [1.82, 2.24) is 4.98 Å². The zero-order valence-electron chi connectivity index (χ0n) is 17.4. The minimum absolute atomic E-state index is 0.0215. The maximum Gasteiger partial charge on any atom is 0.422 e. The van der Waals surface area contributed by atoms with Crippen LogP contribution in [0.2, 0.25) is 0 Å². The lowest BCUT2D eigenvalue weighted by Gasteiger charge is -2.17. The summed E-state index contributed by atoms with van der Waals surface area (Å²) in [6.45, 7) is 0.272.